The van der Waals surface area contributed by atoms with Gasteiger partial charge in [0.05, 0.1) is 25.8 Å². The first-order chi connectivity index (χ1) is 18.1. The Labute approximate surface area is 221 Å². The molecule has 3 heterocycles. The fourth-order valence-corrected chi connectivity index (χ4v) is 6.45. The Kier molecular flexibility index (Phi) is 6.73. The summed E-state index contributed by atoms with van der Waals surface area (Å²) in [6.45, 7) is 2.14. The zero-order valence-electron chi connectivity index (χ0n) is 21.0. The largest absolute Gasteiger partial charge is 0.493 e. The minimum Gasteiger partial charge on any atom is -0.493 e. The van der Waals surface area contributed by atoms with Gasteiger partial charge in [-0.25, -0.2) is 4.68 Å². The van der Waals surface area contributed by atoms with Crippen molar-refractivity contribution < 1.29 is 27.4 Å². The highest BCUT2D eigenvalue weighted by molar-refractivity contribution is 7.16. The van der Waals surface area contributed by atoms with Gasteiger partial charge in [-0.2, -0.15) is 23.5 Å². The monoisotopic (exact) mass is 545 g/mol. The number of carbonyl (C=O) groups excluding carboxylic acids is 1. The quantitative estimate of drug-likeness (QED) is 0.416. The first-order valence-corrected chi connectivity index (χ1v) is 12.9. The summed E-state index contributed by atoms with van der Waals surface area (Å²) in [5.74, 6) is 0.754. The Morgan fingerprint density at radius 2 is 2.03 bits per heavy atom. The first-order valence-electron chi connectivity index (χ1n) is 12.1. The molecule has 0 spiro atoms. The maximum absolute atomic E-state index is 14.1. The third-order valence-electron chi connectivity index (χ3n) is 7.08. The van der Waals surface area contributed by atoms with E-state index < -0.39 is 24.2 Å². The normalized spacial score (nSPS) is 20.5. The van der Waals surface area contributed by atoms with Crippen LogP contribution in [0.2, 0.25) is 0 Å². The van der Waals surface area contributed by atoms with Crippen molar-refractivity contribution in [1.82, 2.24) is 9.78 Å². The van der Waals surface area contributed by atoms with Crippen LogP contribution in [0.25, 0.3) is 0 Å². The lowest BCUT2D eigenvalue weighted by molar-refractivity contribution is -0.173. The minimum absolute atomic E-state index is 0.0725. The lowest BCUT2D eigenvalue weighted by Crippen LogP contribution is -2.35. The summed E-state index contributed by atoms with van der Waals surface area (Å²) in [5.41, 5.74) is 1.78. The van der Waals surface area contributed by atoms with Gasteiger partial charge in [0.25, 0.3) is 5.91 Å². The minimum atomic E-state index is -4.59. The molecule has 3 aromatic rings. The molecular weight excluding hydrogens is 519 g/mol. The number of ether oxygens (including phenoxy) is 2. The smallest absolute Gasteiger partial charge is 0.410 e. The molecule has 5 rings (SSSR count). The Balaban J connectivity index is 1.44. The van der Waals surface area contributed by atoms with Gasteiger partial charge in [-0.05, 0) is 48.4 Å². The van der Waals surface area contributed by atoms with Crippen molar-refractivity contribution in [2.45, 2.75) is 50.9 Å². The summed E-state index contributed by atoms with van der Waals surface area (Å²) in [6, 6.07) is 5.78. The Morgan fingerprint density at radius 1 is 1.26 bits per heavy atom. The number of anilines is 2. The molecule has 1 aliphatic heterocycles. The number of aromatic nitrogens is 2. The van der Waals surface area contributed by atoms with E-state index in [4.69, 9.17) is 9.47 Å². The van der Waals surface area contributed by atoms with Crippen molar-refractivity contribution in [2.75, 3.05) is 24.9 Å². The van der Waals surface area contributed by atoms with Crippen LogP contribution >= 0.6 is 11.3 Å². The molecule has 8 nitrogen and oxygen atoms in total. The molecular formula is C26H26F3N5O3S. The number of rotatable bonds is 5. The van der Waals surface area contributed by atoms with Gasteiger partial charge in [-0.15, -0.1) is 11.3 Å². The molecule has 3 atom stereocenters. The molecule has 2 aliphatic rings. The van der Waals surface area contributed by atoms with Crippen LogP contribution in [-0.2, 0) is 12.8 Å². The second-order valence-corrected chi connectivity index (χ2v) is 10.7. The van der Waals surface area contributed by atoms with Crippen molar-refractivity contribution in [1.29, 1.82) is 5.26 Å². The van der Waals surface area contributed by atoms with Crippen LogP contribution in [0.4, 0.5) is 24.0 Å². The van der Waals surface area contributed by atoms with E-state index in [1.165, 1.54) is 31.6 Å². The van der Waals surface area contributed by atoms with Gasteiger partial charge < -0.3 is 20.1 Å². The van der Waals surface area contributed by atoms with Crippen LogP contribution in [0.1, 0.15) is 63.9 Å². The Bertz CT molecular complexity index is 1420. The molecule has 0 fully saturated rings. The van der Waals surface area contributed by atoms with Crippen molar-refractivity contribution in [3.63, 3.8) is 0 Å². The van der Waals surface area contributed by atoms with Crippen LogP contribution in [0, 0.1) is 17.2 Å². The number of halogens is 3. The van der Waals surface area contributed by atoms with Crippen molar-refractivity contribution >= 4 is 28.1 Å². The molecule has 2 N–H and O–H groups in total. The number of nitrogens with one attached hydrogen (secondary N) is 2. The average Bonchev–Trinajstić information content (AvgIpc) is 3.47. The van der Waals surface area contributed by atoms with Crippen molar-refractivity contribution in [3.8, 4) is 17.6 Å². The zero-order chi connectivity index (χ0) is 27.2. The van der Waals surface area contributed by atoms with Gasteiger partial charge in [0.15, 0.2) is 23.2 Å². The van der Waals surface area contributed by atoms with Gasteiger partial charge >= 0.3 is 6.18 Å². The number of nitriles is 1. The van der Waals surface area contributed by atoms with Crippen LogP contribution in [0.5, 0.6) is 11.5 Å². The number of thiophene rings is 1. The van der Waals surface area contributed by atoms with Gasteiger partial charge in [0, 0.05) is 17.4 Å². The highest BCUT2D eigenvalue weighted by Crippen LogP contribution is 2.45. The molecule has 1 aromatic carbocycles. The Hall–Kier alpha value is -3.72. The number of benzene rings is 1. The van der Waals surface area contributed by atoms with Crippen LogP contribution in [0.3, 0.4) is 0 Å². The molecule has 38 heavy (non-hydrogen) atoms. The summed E-state index contributed by atoms with van der Waals surface area (Å²) in [6.07, 6.45) is -2.37. The van der Waals surface area contributed by atoms with Gasteiger partial charge in [-0.3, -0.25) is 4.79 Å². The van der Waals surface area contributed by atoms with E-state index in [1.807, 2.05) is 0 Å². The number of methoxy groups -OCH3 is 2. The standard InChI is InChI=1S/C26H26F3N5O3S/c1-13-4-6-15-16(12-30)25(38-21(15)8-13)32-24(35)18-11-23-31-17(10-22(26(27,28)29)34(23)33-18)14-5-7-19(36-2)20(9-14)37-3/h5,7,9,11,13,17,22,31H,4,6,8,10H2,1-3H3,(H,32,35)/t13-,17+,22+/m0/s1. The van der Waals surface area contributed by atoms with E-state index in [2.05, 4.69) is 28.7 Å². The predicted molar refractivity (Wildman–Crippen MR) is 136 cm³/mol. The molecule has 0 saturated heterocycles. The van der Waals surface area contributed by atoms with E-state index >= 15 is 0 Å². The number of hydrogen-bond acceptors (Lipinski definition) is 7. The van der Waals surface area contributed by atoms with Gasteiger partial charge in [0.1, 0.15) is 16.9 Å². The molecule has 200 valence electrons. The van der Waals surface area contributed by atoms with Crippen molar-refractivity contribution in [2.24, 2.45) is 5.92 Å². The lowest BCUT2D eigenvalue weighted by Gasteiger charge is -2.33. The summed E-state index contributed by atoms with van der Waals surface area (Å²) in [5, 5.41) is 20.0. The maximum Gasteiger partial charge on any atom is 0.410 e. The molecule has 1 amide bonds. The molecule has 2 aromatic heterocycles. The van der Waals surface area contributed by atoms with Crippen molar-refractivity contribution in [3.05, 3.63) is 51.5 Å². The lowest BCUT2D eigenvalue weighted by atomic mass is 9.89. The molecule has 0 unspecified atom stereocenters. The van der Waals surface area contributed by atoms with Gasteiger partial charge in [0.2, 0.25) is 0 Å². The molecule has 0 radical (unpaired) electrons. The maximum atomic E-state index is 14.1. The van der Waals surface area contributed by atoms with E-state index in [0.717, 1.165) is 34.4 Å². The van der Waals surface area contributed by atoms with E-state index in [9.17, 15) is 23.2 Å². The Morgan fingerprint density at radius 3 is 2.71 bits per heavy atom. The average molecular weight is 546 g/mol. The van der Waals surface area contributed by atoms with Crippen LogP contribution in [-0.4, -0.2) is 36.1 Å². The molecule has 12 heteroatoms. The number of amides is 1. The van der Waals surface area contributed by atoms with E-state index in [1.54, 1.807) is 18.2 Å². The molecule has 0 saturated carbocycles. The second-order valence-electron chi connectivity index (χ2n) is 9.59. The van der Waals surface area contributed by atoms with Gasteiger partial charge in [-0.1, -0.05) is 13.0 Å². The molecule has 0 bridgehead atoms. The topological polar surface area (TPSA) is 101 Å². The second kappa shape index (κ2) is 9.87. The first kappa shape index (κ1) is 25.9. The highest BCUT2D eigenvalue weighted by Gasteiger charge is 2.47. The fourth-order valence-electron chi connectivity index (χ4n) is 5.10. The number of alkyl halides is 3. The SMILES string of the molecule is COc1ccc([C@H]2C[C@H](C(F)(F)F)n3nc(C(=O)Nc4sc5c(c4C#N)CC[C@H](C)C5)cc3N2)cc1OC. The zero-order valence-corrected chi connectivity index (χ0v) is 21.8. The van der Waals surface area contributed by atoms with E-state index in [-0.39, 0.29) is 17.9 Å². The summed E-state index contributed by atoms with van der Waals surface area (Å²) in [4.78, 5) is 14.2. The number of hydrogen-bond donors (Lipinski definition) is 2. The predicted octanol–water partition coefficient (Wildman–Crippen LogP) is 5.87. The number of nitrogens with zero attached hydrogens (tertiary/aromatic N) is 3. The summed E-state index contributed by atoms with van der Waals surface area (Å²) >= 11 is 1.35. The van der Waals surface area contributed by atoms with Crippen LogP contribution < -0.4 is 20.1 Å². The number of fused-ring (bicyclic) bond motifs is 2. The van der Waals surface area contributed by atoms with Crippen LogP contribution in [0.15, 0.2) is 24.3 Å². The third-order valence-corrected chi connectivity index (χ3v) is 8.25. The number of carbonyl (C=O) groups is 1. The third kappa shape index (κ3) is 4.67. The summed E-state index contributed by atoms with van der Waals surface area (Å²) in [7, 11) is 2.93. The highest BCUT2D eigenvalue weighted by atomic mass is 32.1. The fraction of sp³-hybridized carbons (Fsp3) is 0.423. The summed E-state index contributed by atoms with van der Waals surface area (Å²) < 4.78 is 53.7. The molecule has 1 aliphatic carbocycles. The van der Waals surface area contributed by atoms with E-state index in [0.29, 0.717) is 33.5 Å².